The number of aliphatic hydroxyl groups excluding tert-OH is 1. The van der Waals surface area contributed by atoms with E-state index in [0.29, 0.717) is 18.9 Å². The summed E-state index contributed by atoms with van der Waals surface area (Å²) in [5.41, 5.74) is 0. The molecule has 0 aliphatic carbocycles. The summed E-state index contributed by atoms with van der Waals surface area (Å²) >= 11 is 0. The van der Waals surface area contributed by atoms with Gasteiger partial charge < -0.3 is 15.7 Å². The molecule has 1 rings (SSSR count). The molecule has 0 spiro atoms. The standard InChI is InChI=1S/C10H20N2O2/c1-3-8(13)5-12-10(14)9-6-11-4-7(9)2/h7-9,11,13H,3-6H2,1-2H3,(H,12,14)/t7-,8?,9-/m1/s1. The topological polar surface area (TPSA) is 61.4 Å². The summed E-state index contributed by atoms with van der Waals surface area (Å²) in [4.78, 5) is 11.6. The van der Waals surface area contributed by atoms with E-state index in [1.807, 2.05) is 6.92 Å². The lowest BCUT2D eigenvalue weighted by atomic mass is 9.97. The summed E-state index contributed by atoms with van der Waals surface area (Å²) in [6.07, 6.45) is 0.266. The Kier molecular flexibility index (Phi) is 4.35. The van der Waals surface area contributed by atoms with E-state index in [9.17, 15) is 9.90 Å². The van der Waals surface area contributed by atoms with E-state index in [1.54, 1.807) is 0 Å². The summed E-state index contributed by atoms with van der Waals surface area (Å²) in [6, 6.07) is 0. The van der Waals surface area contributed by atoms with E-state index in [1.165, 1.54) is 0 Å². The molecule has 1 aliphatic rings. The summed E-state index contributed by atoms with van der Waals surface area (Å²) in [7, 11) is 0. The molecule has 1 heterocycles. The molecule has 4 heteroatoms. The minimum Gasteiger partial charge on any atom is -0.391 e. The highest BCUT2D eigenvalue weighted by Crippen LogP contribution is 2.15. The number of hydrogen-bond acceptors (Lipinski definition) is 3. The van der Waals surface area contributed by atoms with E-state index in [-0.39, 0.29) is 11.8 Å². The number of amides is 1. The second-order valence-electron chi connectivity index (χ2n) is 4.05. The molecule has 14 heavy (non-hydrogen) atoms. The monoisotopic (exact) mass is 200 g/mol. The zero-order valence-electron chi connectivity index (χ0n) is 8.92. The Bertz CT molecular complexity index is 197. The van der Waals surface area contributed by atoms with Crippen LogP contribution >= 0.6 is 0 Å². The first-order chi connectivity index (χ1) is 6.65. The minimum absolute atomic E-state index is 0.0648. The quantitative estimate of drug-likeness (QED) is 0.585. The zero-order valence-corrected chi connectivity index (χ0v) is 8.92. The molecule has 0 aromatic rings. The van der Waals surface area contributed by atoms with Gasteiger partial charge in [0.25, 0.3) is 0 Å². The van der Waals surface area contributed by atoms with Gasteiger partial charge in [0.15, 0.2) is 0 Å². The second kappa shape index (κ2) is 5.32. The Morgan fingerprint density at radius 2 is 2.36 bits per heavy atom. The number of hydrogen-bond donors (Lipinski definition) is 3. The van der Waals surface area contributed by atoms with Crippen molar-refractivity contribution in [1.82, 2.24) is 10.6 Å². The van der Waals surface area contributed by atoms with Gasteiger partial charge in [-0.1, -0.05) is 13.8 Å². The summed E-state index contributed by atoms with van der Waals surface area (Å²) in [5, 5.41) is 15.2. The Hall–Kier alpha value is -0.610. The van der Waals surface area contributed by atoms with Crippen LogP contribution in [0.5, 0.6) is 0 Å². The third-order valence-corrected chi connectivity index (χ3v) is 2.84. The molecule has 3 atom stereocenters. The number of rotatable bonds is 4. The molecule has 3 N–H and O–H groups in total. The lowest BCUT2D eigenvalue weighted by Gasteiger charge is -2.15. The molecule has 82 valence electrons. The largest absolute Gasteiger partial charge is 0.391 e. The van der Waals surface area contributed by atoms with Crippen molar-refractivity contribution in [1.29, 1.82) is 0 Å². The smallest absolute Gasteiger partial charge is 0.224 e. The number of nitrogens with one attached hydrogen (secondary N) is 2. The van der Waals surface area contributed by atoms with Crippen molar-refractivity contribution in [2.45, 2.75) is 26.4 Å². The van der Waals surface area contributed by atoms with Crippen LogP contribution in [-0.2, 0) is 4.79 Å². The maximum absolute atomic E-state index is 11.6. The predicted molar refractivity (Wildman–Crippen MR) is 54.8 cm³/mol. The van der Waals surface area contributed by atoms with Crippen molar-refractivity contribution < 1.29 is 9.90 Å². The van der Waals surface area contributed by atoms with Crippen LogP contribution in [0.2, 0.25) is 0 Å². The highest BCUT2D eigenvalue weighted by atomic mass is 16.3. The average Bonchev–Trinajstić information content (AvgIpc) is 2.60. The zero-order chi connectivity index (χ0) is 10.6. The first-order valence-electron chi connectivity index (χ1n) is 5.31. The Balaban J connectivity index is 2.27. The van der Waals surface area contributed by atoms with Gasteiger partial charge in [0.1, 0.15) is 0 Å². The fraction of sp³-hybridized carbons (Fsp3) is 0.900. The fourth-order valence-corrected chi connectivity index (χ4v) is 1.65. The molecule has 1 aliphatic heterocycles. The van der Waals surface area contributed by atoms with Crippen LogP contribution < -0.4 is 10.6 Å². The van der Waals surface area contributed by atoms with E-state index in [2.05, 4.69) is 17.6 Å². The van der Waals surface area contributed by atoms with Crippen molar-refractivity contribution >= 4 is 5.91 Å². The van der Waals surface area contributed by atoms with Crippen LogP contribution in [0.3, 0.4) is 0 Å². The number of carbonyl (C=O) groups is 1. The first kappa shape index (κ1) is 11.5. The predicted octanol–water partition coefficient (Wildman–Crippen LogP) is -0.271. The van der Waals surface area contributed by atoms with Crippen molar-refractivity contribution in [3.8, 4) is 0 Å². The molecule has 1 fully saturated rings. The Morgan fingerprint density at radius 3 is 2.86 bits per heavy atom. The summed E-state index contributed by atoms with van der Waals surface area (Å²) < 4.78 is 0. The molecule has 0 aromatic carbocycles. The third kappa shape index (κ3) is 2.96. The molecule has 0 saturated carbocycles. The van der Waals surface area contributed by atoms with Gasteiger partial charge in [-0.25, -0.2) is 0 Å². The van der Waals surface area contributed by atoms with Crippen LogP contribution in [0, 0.1) is 11.8 Å². The Morgan fingerprint density at radius 1 is 1.64 bits per heavy atom. The van der Waals surface area contributed by atoms with E-state index < -0.39 is 6.10 Å². The summed E-state index contributed by atoms with van der Waals surface area (Å²) in [6.45, 7) is 6.01. The van der Waals surface area contributed by atoms with E-state index in [4.69, 9.17) is 0 Å². The minimum atomic E-state index is -0.413. The van der Waals surface area contributed by atoms with Gasteiger partial charge in [-0.15, -0.1) is 0 Å². The maximum Gasteiger partial charge on any atom is 0.224 e. The van der Waals surface area contributed by atoms with Crippen molar-refractivity contribution in [3.63, 3.8) is 0 Å². The van der Waals surface area contributed by atoms with Gasteiger partial charge in [0.05, 0.1) is 12.0 Å². The average molecular weight is 200 g/mol. The van der Waals surface area contributed by atoms with Gasteiger partial charge in [0, 0.05) is 13.1 Å². The normalized spacial score (nSPS) is 28.8. The lowest BCUT2D eigenvalue weighted by Crippen LogP contribution is -2.38. The Labute approximate surface area is 85.1 Å². The van der Waals surface area contributed by atoms with Gasteiger partial charge in [0.2, 0.25) is 5.91 Å². The highest BCUT2D eigenvalue weighted by Gasteiger charge is 2.29. The first-order valence-corrected chi connectivity index (χ1v) is 5.31. The molecule has 1 unspecified atom stereocenters. The van der Waals surface area contributed by atoms with Crippen LogP contribution in [0.15, 0.2) is 0 Å². The van der Waals surface area contributed by atoms with Gasteiger partial charge in [-0.05, 0) is 18.9 Å². The van der Waals surface area contributed by atoms with Crippen LogP contribution in [-0.4, -0.2) is 36.8 Å². The second-order valence-corrected chi connectivity index (χ2v) is 4.05. The molecule has 4 nitrogen and oxygen atoms in total. The van der Waals surface area contributed by atoms with Gasteiger partial charge in [-0.2, -0.15) is 0 Å². The fourth-order valence-electron chi connectivity index (χ4n) is 1.65. The van der Waals surface area contributed by atoms with Crippen LogP contribution in [0.4, 0.5) is 0 Å². The molecule has 0 bridgehead atoms. The molecule has 0 aromatic heterocycles. The van der Waals surface area contributed by atoms with Crippen LogP contribution in [0.25, 0.3) is 0 Å². The van der Waals surface area contributed by atoms with Gasteiger partial charge >= 0.3 is 0 Å². The van der Waals surface area contributed by atoms with Crippen molar-refractivity contribution in [2.75, 3.05) is 19.6 Å². The van der Waals surface area contributed by atoms with Crippen molar-refractivity contribution in [2.24, 2.45) is 11.8 Å². The highest BCUT2D eigenvalue weighted by molar-refractivity contribution is 5.79. The molecular formula is C10H20N2O2. The molecule has 1 amide bonds. The van der Waals surface area contributed by atoms with Gasteiger partial charge in [-0.3, -0.25) is 4.79 Å². The van der Waals surface area contributed by atoms with Crippen molar-refractivity contribution in [3.05, 3.63) is 0 Å². The number of carbonyl (C=O) groups excluding carboxylic acids is 1. The molecule has 1 saturated heterocycles. The number of aliphatic hydroxyl groups is 1. The summed E-state index contributed by atoms with van der Waals surface area (Å²) in [5.74, 6) is 0.530. The van der Waals surface area contributed by atoms with E-state index >= 15 is 0 Å². The molecule has 0 radical (unpaired) electrons. The van der Waals surface area contributed by atoms with E-state index in [0.717, 1.165) is 13.1 Å². The third-order valence-electron chi connectivity index (χ3n) is 2.84. The SMILES string of the molecule is CCC(O)CNC(=O)[C@@H]1CNC[C@H]1C. The molecular weight excluding hydrogens is 180 g/mol. The lowest BCUT2D eigenvalue weighted by molar-refractivity contribution is -0.125. The maximum atomic E-state index is 11.6. The van der Waals surface area contributed by atoms with Crippen LogP contribution in [0.1, 0.15) is 20.3 Å².